The predicted molar refractivity (Wildman–Crippen MR) is 90.4 cm³/mol. The van der Waals surface area contributed by atoms with Crippen LogP contribution in [0.5, 0.6) is 0 Å². The van der Waals surface area contributed by atoms with E-state index in [4.69, 9.17) is 0 Å². The van der Waals surface area contributed by atoms with Crippen molar-refractivity contribution in [3.05, 3.63) is 60.2 Å². The number of rotatable bonds is 3. The zero-order valence-corrected chi connectivity index (χ0v) is 13.2. The molecule has 0 radical (unpaired) electrons. The molecule has 3 nitrogen and oxygen atoms in total. The number of para-hydroxylation sites is 2. The van der Waals surface area contributed by atoms with E-state index >= 15 is 0 Å². The van der Waals surface area contributed by atoms with E-state index < -0.39 is 0 Å². The van der Waals surface area contributed by atoms with Gasteiger partial charge in [-0.1, -0.05) is 66.0 Å². The Kier molecular flexibility index (Phi) is 3.60. The summed E-state index contributed by atoms with van der Waals surface area (Å²) in [6.07, 6.45) is 0.494. The molecule has 5 heteroatoms. The van der Waals surface area contributed by atoms with Crippen LogP contribution < -0.4 is 0 Å². The number of ketones is 1. The summed E-state index contributed by atoms with van der Waals surface area (Å²) < 4.78 is 0.152. The summed E-state index contributed by atoms with van der Waals surface area (Å²) in [6.45, 7) is 0. The largest absolute Gasteiger partial charge is 0.294 e. The molecule has 3 aromatic rings. The van der Waals surface area contributed by atoms with Gasteiger partial charge in [0.15, 0.2) is 5.78 Å². The summed E-state index contributed by atoms with van der Waals surface area (Å²) in [5, 5.41) is 1.88. The molecule has 0 bridgehead atoms. The van der Waals surface area contributed by atoms with Crippen LogP contribution in [0.25, 0.3) is 11.0 Å². The van der Waals surface area contributed by atoms with Gasteiger partial charge < -0.3 is 0 Å². The maximum atomic E-state index is 12.3. The molecule has 0 saturated carbocycles. The second kappa shape index (κ2) is 5.74. The van der Waals surface area contributed by atoms with Crippen LogP contribution in [0.3, 0.4) is 0 Å². The minimum absolute atomic E-state index is 0.152. The zero-order valence-electron chi connectivity index (χ0n) is 11.6. The van der Waals surface area contributed by atoms with E-state index in [1.54, 1.807) is 23.5 Å². The van der Waals surface area contributed by atoms with Gasteiger partial charge in [-0.25, -0.2) is 9.97 Å². The fourth-order valence-corrected chi connectivity index (χ4v) is 4.96. The smallest absolute Gasteiger partial charge is 0.164 e. The van der Waals surface area contributed by atoms with Crippen LogP contribution >= 0.6 is 23.5 Å². The van der Waals surface area contributed by atoms with E-state index in [1.807, 2.05) is 54.6 Å². The highest BCUT2D eigenvalue weighted by Crippen LogP contribution is 2.47. The number of hydrogen-bond donors (Lipinski definition) is 0. The molecule has 22 heavy (non-hydrogen) atoms. The van der Waals surface area contributed by atoms with Crippen molar-refractivity contribution in [1.82, 2.24) is 9.97 Å². The van der Waals surface area contributed by atoms with Crippen LogP contribution in [0.2, 0.25) is 0 Å². The van der Waals surface area contributed by atoms with Gasteiger partial charge in [0.2, 0.25) is 0 Å². The standard InChI is InChI=1S/C17H12N2OS2/c20-14(11-6-2-1-3-7-11)10-15-21-16-17(22-15)19-13-9-5-4-8-12(13)18-16/h1-9,15H,10H2. The molecule has 4 rings (SSSR count). The monoisotopic (exact) mass is 324 g/mol. The van der Waals surface area contributed by atoms with Gasteiger partial charge in [-0.2, -0.15) is 0 Å². The SMILES string of the molecule is O=C(CC1Sc2nc3ccccc3nc2S1)c1ccccc1. The molecule has 0 fully saturated rings. The van der Waals surface area contributed by atoms with Crippen molar-refractivity contribution < 1.29 is 4.79 Å². The summed E-state index contributed by atoms with van der Waals surface area (Å²) in [6, 6.07) is 17.3. The molecule has 108 valence electrons. The number of thioether (sulfide) groups is 2. The number of carbonyl (C=O) groups is 1. The average Bonchev–Trinajstić information content (AvgIpc) is 2.94. The van der Waals surface area contributed by atoms with Crippen molar-refractivity contribution in [3.63, 3.8) is 0 Å². The van der Waals surface area contributed by atoms with Crippen LogP contribution in [-0.4, -0.2) is 20.3 Å². The maximum absolute atomic E-state index is 12.3. The maximum Gasteiger partial charge on any atom is 0.164 e. The summed E-state index contributed by atoms with van der Waals surface area (Å²) in [7, 11) is 0. The Morgan fingerprint density at radius 1 is 0.864 bits per heavy atom. The summed E-state index contributed by atoms with van der Waals surface area (Å²) in [4.78, 5) is 21.6. The number of carbonyl (C=O) groups excluding carboxylic acids is 1. The highest BCUT2D eigenvalue weighted by molar-refractivity contribution is 8.19. The first-order valence-electron chi connectivity index (χ1n) is 6.98. The number of fused-ring (bicyclic) bond motifs is 2. The van der Waals surface area contributed by atoms with Crippen LogP contribution in [0, 0.1) is 0 Å². The Balaban J connectivity index is 1.54. The Hall–Kier alpha value is -1.85. The van der Waals surface area contributed by atoms with E-state index in [-0.39, 0.29) is 10.4 Å². The minimum Gasteiger partial charge on any atom is -0.294 e. The first-order valence-corrected chi connectivity index (χ1v) is 8.74. The molecular formula is C17H12N2OS2. The molecule has 1 aromatic heterocycles. The quantitative estimate of drug-likeness (QED) is 0.667. The second-order valence-electron chi connectivity index (χ2n) is 4.98. The zero-order chi connectivity index (χ0) is 14.9. The Bertz CT molecular complexity index is 807. The van der Waals surface area contributed by atoms with Crippen LogP contribution in [0.15, 0.2) is 64.6 Å². The molecule has 1 aliphatic rings. The van der Waals surface area contributed by atoms with Crippen molar-refractivity contribution >= 4 is 40.3 Å². The topological polar surface area (TPSA) is 42.9 Å². The lowest BCUT2D eigenvalue weighted by Gasteiger charge is -2.05. The fourth-order valence-electron chi connectivity index (χ4n) is 2.37. The molecule has 0 N–H and O–H groups in total. The first-order chi connectivity index (χ1) is 10.8. The van der Waals surface area contributed by atoms with Crippen molar-refractivity contribution in [2.75, 3.05) is 0 Å². The normalized spacial score (nSPS) is 14.2. The number of Topliss-reactive ketones (excluding diaryl/α,β-unsaturated/α-hetero) is 1. The average molecular weight is 324 g/mol. The highest BCUT2D eigenvalue weighted by atomic mass is 32.2. The van der Waals surface area contributed by atoms with Crippen molar-refractivity contribution in [3.8, 4) is 0 Å². The molecule has 1 aliphatic heterocycles. The van der Waals surface area contributed by atoms with Gasteiger partial charge in [0, 0.05) is 12.0 Å². The van der Waals surface area contributed by atoms with Gasteiger partial charge in [-0.3, -0.25) is 4.79 Å². The van der Waals surface area contributed by atoms with Crippen molar-refractivity contribution in [1.29, 1.82) is 0 Å². The van der Waals surface area contributed by atoms with Gasteiger partial charge >= 0.3 is 0 Å². The highest BCUT2D eigenvalue weighted by Gasteiger charge is 2.28. The third-order valence-corrected chi connectivity index (χ3v) is 6.02. The molecular weight excluding hydrogens is 312 g/mol. The molecule has 2 aromatic carbocycles. The lowest BCUT2D eigenvalue weighted by atomic mass is 10.1. The molecule has 0 spiro atoms. The fraction of sp³-hybridized carbons (Fsp3) is 0.118. The Morgan fingerprint density at radius 2 is 1.41 bits per heavy atom. The van der Waals surface area contributed by atoms with Gasteiger partial charge in [0.25, 0.3) is 0 Å². The van der Waals surface area contributed by atoms with Gasteiger partial charge in [-0.05, 0) is 12.1 Å². The van der Waals surface area contributed by atoms with E-state index in [2.05, 4.69) is 9.97 Å². The molecule has 0 saturated heterocycles. The van der Waals surface area contributed by atoms with Gasteiger partial charge in [-0.15, -0.1) is 0 Å². The lowest BCUT2D eigenvalue weighted by molar-refractivity contribution is 0.0987. The molecule has 0 aliphatic carbocycles. The minimum atomic E-state index is 0.152. The number of benzene rings is 2. The number of aromatic nitrogens is 2. The third-order valence-electron chi connectivity index (χ3n) is 3.44. The summed E-state index contributed by atoms with van der Waals surface area (Å²) in [5.74, 6) is 0.169. The number of nitrogens with zero attached hydrogens (tertiary/aromatic N) is 2. The second-order valence-corrected chi connectivity index (χ2v) is 7.66. The van der Waals surface area contributed by atoms with Crippen LogP contribution in [-0.2, 0) is 0 Å². The number of hydrogen-bond acceptors (Lipinski definition) is 5. The Labute approximate surface area is 136 Å². The summed E-state index contributed by atoms with van der Waals surface area (Å²) >= 11 is 3.29. The summed E-state index contributed by atoms with van der Waals surface area (Å²) in [5.41, 5.74) is 2.58. The first kappa shape index (κ1) is 13.8. The molecule has 0 atom stereocenters. The van der Waals surface area contributed by atoms with E-state index in [1.165, 1.54) is 0 Å². The van der Waals surface area contributed by atoms with Crippen LogP contribution in [0.1, 0.15) is 16.8 Å². The van der Waals surface area contributed by atoms with E-state index in [0.29, 0.717) is 6.42 Å². The molecule has 2 heterocycles. The molecule has 0 unspecified atom stereocenters. The van der Waals surface area contributed by atoms with Crippen molar-refractivity contribution in [2.24, 2.45) is 0 Å². The van der Waals surface area contributed by atoms with Crippen molar-refractivity contribution in [2.45, 2.75) is 21.1 Å². The van der Waals surface area contributed by atoms with Gasteiger partial charge in [0.1, 0.15) is 10.1 Å². The lowest BCUT2D eigenvalue weighted by Crippen LogP contribution is -2.05. The van der Waals surface area contributed by atoms with Crippen LogP contribution in [0.4, 0.5) is 0 Å². The Morgan fingerprint density at radius 3 is 2.00 bits per heavy atom. The van der Waals surface area contributed by atoms with E-state index in [0.717, 1.165) is 26.6 Å². The van der Waals surface area contributed by atoms with E-state index in [9.17, 15) is 4.79 Å². The molecule has 0 amide bonds. The predicted octanol–water partition coefficient (Wildman–Crippen LogP) is 4.43. The third kappa shape index (κ3) is 2.62. The van der Waals surface area contributed by atoms with Gasteiger partial charge in [0.05, 0.1) is 15.6 Å².